The zero-order valence-corrected chi connectivity index (χ0v) is 41.0. The molecule has 1 aliphatic rings. The average molecular weight is 983 g/mol. The van der Waals surface area contributed by atoms with Gasteiger partial charge in [-0.3, -0.25) is 4.57 Å². The second-order valence-electron chi connectivity index (χ2n) is 17.8. The van der Waals surface area contributed by atoms with Crippen LogP contribution in [0, 0.1) is 0 Å². The van der Waals surface area contributed by atoms with Crippen LogP contribution in [0.2, 0.25) is 0 Å². The molecule has 2 heterocycles. The molecule has 0 spiro atoms. The molecule has 0 N–H and O–H groups in total. The lowest BCUT2D eigenvalue weighted by Gasteiger charge is -2.30. The molecule has 0 unspecified atom stereocenters. The Hall–Kier alpha value is -10.5. The third-order valence-electron chi connectivity index (χ3n) is 12.7. The standard InChI is InChI=1S/C66H46N8O2/c1-7-19-47(20-8-1)61-62(48-21-9-2-10-22-48)69-66(68-61,52-33-41-58(42-34-52)76-60-45-37-56(38-46-60)73-71-54-29-17-6-18-30-54)74-64(50-25-13-4-14-26-50)63(49-23-11-3-12-24-49)67-65(74)51-31-39-57(40-32-51)75-59-43-35-55(36-44-59)72-70-53-27-15-5-16-28-53/h1-46H. The van der Waals surface area contributed by atoms with Gasteiger partial charge in [0.05, 0.1) is 45.6 Å². The SMILES string of the molecule is c1ccc(N=Nc2ccc(Oc3ccc(-c4nc(-c5ccccc5)c(-c5ccccc5)n4C4(c5ccc(Oc6ccc(N=Nc7ccccc7)cc6)cc5)N=C(c5ccccc5)C(c5ccccc5)=N4)cc3)cc2)cc1. The minimum atomic E-state index is -1.45. The largest absolute Gasteiger partial charge is 0.457 e. The number of hydrogen-bond donors (Lipinski definition) is 0. The number of aromatic nitrogens is 2. The van der Waals surface area contributed by atoms with Crippen molar-refractivity contribution >= 4 is 34.2 Å². The molecule has 1 aromatic heterocycles. The minimum absolute atomic E-state index is 0.635. The summed E-state index contributed by atoms with van der Waals surface area (Å²) in [7, 11) is 0. The van der Waals surface area contributed by atoms with Crippen LogP contribution < -0.4 is 9.47 Å². The van der Waals surface area contributed by atoms with Crippen LogP contribution in [0.25, 0.3) is 33.9 Å². The fourth-order valence-corrected chi connectivity index (χ4v) is 9.05. The highest BCUT2D eigenvalue weighted by Gasteiger charge is 2.45. The Morgan fingerprint density at radius 1 is 0.303 bits per heavy atom. The van der Waals surface area contributed by atoms with E-state index in [0.717, 1.165) is 73.3 Å². The Bertz CT molecular complexity index is 3800. The third-order valence-corrected chi connectivity index (χ3v) is 12.7. The highest BCUT2D eigenvalue weighted by Crippen LogP contribution is 2.47. The summed E-state index contributed by atoms with van der Waals surface area (Å²) >= 11 is 0. The summed E-state index contributed by atoms with van der Waals surface area (Å²) in [4.78, 5) is 17.4. The minimum Gasteiger partial charge on any atom is -0.457 e. The third kappa shape index (κ3) is 10.0. The topological polar surface area (TPSA) is 110 Å². The first-order valence-corrected chi connectivity index (χ1v) is 24.9. The van der Waals surface area contributed by atoms with Gasteiger partial charge < -0.3 is 9.47 Å². The molecule has 10 aromatic carbocycles. The summed E-state index contributed by atoms with van der Waals surface area (Å²) in [6, 6.07) is 91.6. The van der Waals surface area contributed by atoms with Crippen LogP contribution in [-0.2, 0) is 5.79 Å². The monoisotopic (exact) mass is 982 g/mol. The van der Waals surface area contributed by atoms with Gasteiger partial charge in [-0.25, -0.2) is 15.0 Å². The molecule has 0 aliphatic carbocycles. The predicted octanol–water partition coefficient (Wildman–Crippen LogP) is 18.0. The average Bonchev–Trinajstić information content (AvgIpc) is 4.15. The summed E-state index contributed by atoms with van der Waals surface area (Å²) in [5.74, 6) is 1.80. The Kier molecular flexibility index (Phi) is 13.1. The van der Waals surface area contributed by atoms with E-state index in [-0.39, 0.29) is 0 Å². The van der Waals surface area contributed by atoms with Gasteiger partial charge in [0.2, 0.25) is 0 Å². The second-order valence-corrected chi connectivity index (χ2v) is 17.8. The van der Waals surface area contributed by atoms with Crippen LogP contribution >= 0.6 is 0 Å². The number of rotatable bonds is 15. The molecule has 0 amide bonds. The number of azo groups is 2. The molecule has 10 heteroatoms. The van der Waals surface area contributed by atoms with Crippen molar-refractivity contribution in [3.63, 3.8) is 0 Å². The number of aliphatic imine (C=N–C) groups is 2. The smallest absolute Gasteiger partial charge is 0.261 e. The molecule has 10 nitrogen and oxygen atoms in total. The molecular weight excluding hydrogens is 937 g/mol. The van der Waals surface area contributed by atoms with Crippen LogP contribution in [0.1, 0.15) is 16.7 Å². The van der Waals surface area contributed by atoms with Crippen LogP contribution in [-0.4, -0.2) is 21.0 Å². The summed E-state index contributed by atoms with van der Waals surface area (Å²) in [6.45, 7) is 0. The van der Waals surface area contributed by atoms with Crippen molar-refractivity contribution in [1.82, 2.24) is 9.55 Å². The van der Waals surface area contributed by atoms with Crippen LogP contribution in [0.5, 0.6) is 23.0 Å². The molecule has 0 radical (unpaired) electrons. The van der Waals surface area contributed by atoms with Gasteiger partial charge in [-0.15, -0.1) is 0 Å². The van der Waals surface area contributed by atoms with E-state index in [0.29, 0.717) is 34.5 Å². The molecule has 76 heavy (non-hydrogen) atoms. The van der Waals surface area contributed by atoms with Crippen molar-refractivity contribution in [3.8, 4) is 56.9 Å². The highest BCUT2D eigenvalue weighted by molar-refractivity contribution is 6.54. The molecule has 0 atom stereocenters. The van der Waals surface area contributed by atoms with E-state index in [4.69, 9.17) is 24.4 Å². The molecule has 0 saturated heterocycles. The van der Waals surface area contributed by atoms with Crippen molar-refractivity contribution in [2.45, 2.75) is 5.79 Å². The van der Waals surface area contributed by atoms with Gasteiger partial charge in [0.25, 0.3) is 5.79 Å². The number of benzene rings is 10. The van der Waals surface area contributed by atoms with Gasteiger partial charge in [0.1, 0.15) is 28.8 Å². The van der Waals surface area contributed by atoms with Crippen molar-refractivity contribution in [2.75, 3.05) is 0 Å². The molecule has 0 saturated carbocycles. The maximum absolute atomic E-state index is 6.48. The molecule has 11 aromatic rings. The Morgan fingerprint density at radius 3 is 1.04 bits per heavy atom. The first kappa shape index (κ1) is 46.6. The van der Waals surface area contributed by atoms with E-state index in [1.165, 1.54) is 0 Å². The van der Waals surface area contributed by atoms with Crippen LogP contribution in [0.3, 0.4) is 0 Å². The van der Waals surface area contributed by atoms with E-state index >= 15 is 0 Å². The van der Waals surface area contributed by atoms with Gasteiger partial charge in [0.15, 0.2) is 0 Å². The lowest BCUT2D eigenvalue weighted by molar-refractivity contribution is 0.407. The Balaban J connectivity index is 0.993. The van der Waals surface area contributed by atoms with Gasteiger partial charge >= 0.3 is 0 Å². The molecular formula is C66H46N8O2. The van der Waals surface area contributed by atoms with Gasteiger partial charge in [-0.1, -0.05) is 158 Å². The number of hydrogen-bond acceptors (Lipinski definition) is 9. The van der Waals surface area contributed by atoms with Crippen molar-refractivity contribution in [2.24, 2.45) is 30.4 Å². The summed E-state index contributed by atoms with van der Waals surface area (Å²) < 4.78 is 15.1. The highest BCUT2D eigenvalue weighted by atomic mass is 16.5. The second kappa shape index (κ2) is 21.3. The van der Waals surface area contributed by atoms with Crippen molar-refractivity contribution in [3.05, 3.63) is 296 Å². The number of ether oxygens (including phenoxy) is 2. The van der Waals surface area contributed by atoms with Gasteiger partial charge in [0, 0.05) is 33.4 Å². The predicted molar refractivity (Wildman–Crippen MR) is 302 cm³/mol. The fraction of sp³-hybridized carbons (Fsp3) is 0.0152. The van der Waals surface area contributed by atoms with E-state index in [2.05, 4.69) is 85.7 Å². The lowest BCUT2D eigenvalue weighted by Crippen LogP contribution is -2.31. The lowest BCUT2D eigenvalue weighted by atomic mass is 10.0. The molecule has 0 bridgehead atoms. The Labute approximate surface area is 440 Å². The van der Waals surface area contributed by atoms with Gasteiger partial charge in [-0.05, 0) is 121 Å². The fourth-order valence-electron chi connectivity index (χ4n) is 9.05. The molecule has 0 fully saturated rings. The maximum atomic E-state index is 6.48. The molecule has 1 aliphatic heterocycles. The maximum Gasteiger partial charge on any atom is 0.261 e. The van der Waals surface area contributed by atoms with E-state index in [1.54, 1.807) is 0 Å². The van der Waals surface area contributed by atoms with Crippen molar-refractivity contribution < 1.29 is 9.47 Å². The van der Waals surface area contributed by atoms with Gasteiger partial charge in [-0.2, -0.15) is 20.5 Å². The zero-order chi connectivity index (χ0) is 50.9. The first-order valence-electron chi connectivity index (χ1n) is 24.9. The quantitative estimate of drug-likeness (QED) is 0.0954. The summed E-state index contributed by atoms with van der Waals surface area (Å²) in [6.07, 6.45) is 0. The summed E-state index contributed by atoms with van der Waals surface area (Å²) in [5, 5.41) is 17.5. The zero-order valence-electron chi connectivity index (χ0n) is 41.0. The number of imidazole rings is 1. The normalized spacial score (nSPS) is 12.9. The molecule has 12 rings (SSSR count). The first-order chi connectivity index (χ1) is 37.6. The number of nitrogens with zero attached hydrogens (tertiary/aromatic N) is 8. The van der Waals surface area contributed by atoms with Crippen LogP contribution in [0.15, 0.2) is 309 Å². The van der Waals surface area contributed by atoms with Crippen LogP contribution in [0.4, 0.5) is 22.7 Å². The van der Waals surface area contributed by atoms with E-state index in [1.807, 2.05) is 218 Å². The van der Waals surface area contributed by atoms with Crippen molar-refractivity contribution in [1.29, 1.82) is 0 Å². The molecule has 362 valence electrons. The van der Waals surface area contributed by atoms with E-state index in [9.17, 15) is 0 Å². The summed E-state index contributed by atoms with van der Waals surface area (Å²) in [5.41, 5.74) is 11.5. The Morgan fingerprint density at radius 2 is 0.632 bits per heavy atom. The van der Waals surface area contributed by atoms with E-state index < -0.39 is 5.79 Å².